The topological polar surface area (TPSA) is 24.9 Å². The Morgan fingerprint density at radius 3 is 2.62 bits per heavy atom. The van der Waals surface area contributed by atoms with E-state index in [9.17, 15) is 0 Å². The first-order valence-corrected chi connectivity index (χ1v) is 4.93. The van der Waals surface area contributed by atoms with Crippen LogP contribution in [-0.4, -0.2) is 11.0 Å². The predicted molar refractivity (Wildman–Crippen MR) is 53.4 cm³/mol. The average Bonchev–Trinajstić information content (AvgIpc) is 2.83. The van der Waals surface area contributed by atoms with Crippen molar-refractivity contribution in [2.75, 3.05) is 0 Å². The highest BCUT2D eigenvalue weighted by Gasteiger charge is 2.33. The largest absolute Gasteiger partial charge is 0.307 e. The van der Waals surface area contributed by atoms with Crippen LogP contribution in [0.5, 0.6) is 0 Å². The normalized spacial score (nSPS) is 28.5. The molecule has 70 valence electrons. The molecule has 0 spiro atoms. The molecule has 2 heteroatoms. The Bertz CT molecular complexity index is 271. The zero-order chi connectivity index (χ0) is 9.26. The van der Waals surface area contributed by atoms with E-state index in [0.717, 1.165) is 12.0 Å². The van der Waals surface area contributed by atoms with Crippen molar-refractivity contribution in [3.8, 4) is 0 Å². The summed E-state index contributed by atoms with van der Waals surface area (Å²) in [4.78, 5) is 4.01. The van der Waals surface area contributed by atoms with Crippen molar-refractivity contribution in [1.82, 2.24) is 10.3 Å². The highest BCUT2D eigenvalue weighted by atomic mass is 15.0. The minimum absolute atomic E-state index is 0.456. The second-order valence-electron chi connectivity index (χ2n) is 3.99. The molecule has 1 fully saturated rings. The van der Waals surface area contributed by atoms with Gasteiger partial charge in [-0.15, -0.1) is 0 Å². The quantitative estimate of drug-likeness (QED) is 0.763. The molecule has 1 heterocycles. The van der Waals surface area contributed by atoms with Crippen LogP contribution in [0, 0.1) is 5.92 Å². The summed E-state index contributed by atoms with van der Waals surface area (Å²) in [5, 5.41) is 3.59. The highest BCUT2D eigenvalue weighted by Crippen LogP contribution is 2.31. The molecular weight excluding hydrogens is 160 g/mol. The van der Waals surface area contributed by atoms with Crippen molar-refractivity contribution >= 4 is 0 Å². The van der Waals surface area contributed by atoms with E-state index in [2.05, 4.69) is 36.3 Å². The molecule has 0 radical (unpaired) electrons. The summed E-state index contributed by atoms with van der Waals surface area (Å²) in [5.41, 5.74) is 1.33. The van der Waals surface area contributed by atoms with Gasteiger partial charge in [0.2, 0.25) is 0 Å². The SMILES string of the molecule is CC(NC1CC1C)c1ccncc1. The molecule has 2 rings (SSSR count). The van der Waals surface area contributed by atoms with Gasteiger partial charge in [-0.05, 0) is 37.0 Å². The molecule has 2 nitrogen and oxygen atoms in total. The summed E-state index contributed by atoms with van der Waals surface area (Å²) in [5.74, 6) is 0.865. The molecule has 1 aliphatic carbocycles. The highest BCUT2D eigenvalue weighted by molar-refractivity contribution is 5.14. The number of hydrogen-bond acceptors (Lipinski definition) is 2. The number of nitrogens with one attached hydrogen (secondary N) is 1. The van der Waals surface area contributed by atoms with Gasteiger partial charge in [0.25, 0.3) is 0 Å². The van der Waals surface area contributed by atoms with E-state index < -0.39 is 0 Å². The maximum Gasteiger partial charge on any atom is 0.0295 e. The molecule has 0 aliphatic heterocycles. The molecule has 0 aromatic carbocycles. The molecule has 1 aromatic rings. The van der Waals surface area contributed by atoms with Crippen molar-refractivity contribution in [2.45, 2.75) is 32.4 Å². The fourth-order valence-electron chi connectivity index (χ4n) is 1.62. The summed E-state index contributed by atoms with van der Waals surface area (Å²) in [6.45, 7) is 4.50. The molecule has 13 heavy (non-hydrogen) atoms. The van der Waals surface area contributed by atoms with Crippen molar-refractivity contribution < 1.29 is 0 Å². The fourth-order valence-corrected chi connectivity index (χ4v) is 1.62. The number of hydrogen-bond donors (Lipinski definition) is 1. The number of pyridine rings is 1. The van der Waals surface area contributed by atoms with E-state index in [4.69, 9.17) is 0 Å². The maximum atomic E-state index is 4.01. The third-order valence-electron chi connectivity index (χ3n) is 2.78. The van der Waals surface area contributed by atoms with Crippen LogP contribution in [0.4, 0.5) is 0 Å². The predicted octanol–water partition coefficient (Wildman–Crippen LogP) is 2.14. The second-order valence-corrected chi connectivity index (χ2v) is 3.99. The maximum absolute atomic E-state index is 4.01. The van der Waals surface area contributed by atoms with Crippen LogP contribution in [-0.2, 0) is 0 Å². The first-order valence-electron chi connectivity index (χ1n) is 4.93. The third kappa shape index (κ3) is 2.07. The van der Waals surface area contributed by atoms with Gasteiger partial charge >= 0.3 is 0 Å². The summed E-state index contributed by atoms with van der Waals surface area (Å²) in [6, 6.07) is 5.34. The monoisotopic (exact) mass is 176 g/mol. The van der Waals surface area contributed by atoms with Gasteiger partial charge in [0.15, 0.2) is 0 Å². The number of rotatable bonds is 3. The van der Waals surface area contributed by atoms with Crippen molar-refractivity contribution in [3.63, 3.8) is 0 Å². The van der Waals surface area contributed by atoms with E-state index in [-0.39, 0.29) is 0 Å². The molecule has 0 saturated heterocycles. The Morgan fingerprint density at radius 2 is 2.08 bits per heavy atom. The summed E-state index contributed by atoms with van der Waals surface area (Å²) in [6.07, 6.45) is 5.03. The minimum atomic E-state index is 0.456. The first kappa shape index (κ1) is 8.70. The van der Waals surface area contributed by atoms with Gasteiger partial charge in [-0.25, -0.2) is 0 Å². The van der Waals surface area contributed by atoms with Crippen LogP contribution < -0.4 is 5.32 Å². The summed E-state index contributed by atoms with van der Waals surface area (Å²) in [7, 11) is 0. The van der Waals surface area contributed by atoms with Gasteiger partial charge in [0.1, 0.15) is 0 Å². The van der Waals surface area contributed by atoms with E-state index in [0.29, 0.717) is 6.04 Å². The Hall–Kier alpha value is -0.890. The first-order chi connectivity index (χ1) is 6.27. The van der Waals surface area contributed by atoms with E-state index in [1.54, 1.807) is 0 Å². The van der Waals surface area contributed by atoms with Crippen molar-refractivity contribution in [1.29, 1.82) is 0 Å². The van der Waals surface area contributed by atoms with E-state index in [1.807, 2.05) is 12.4 Å². The lowest BCUT2D eigenvalue weighted by Gasteiger charge is -2.13. The van der Waals surface area contributed by atoms with Crippen LogP contribution >= 0.6 is 0 Å². The van der Waals surface area contributed by atoms with Crippen molar-refractivity contribution in [3.05, 3.63) is 30.1 Å². The second kappa shape index (κ2) is 3.46. The third-order valence-corrected chi connectivity index (χ3v) is 2.78. The van der Waals surface area contributed by atoms with Crippen molar-refractivity contribution in [2.24, 2.45) is 5.92 Å². The lowest BCUT2D eigenvalue weighted by Crippen LogP contribution is -2.21. The zero-order valence-corrected chi connectivity index (χ0v) is 8.20. The van der Waals surface area contributed by atoms with Gasteiger partial charge in [-0.1, -0.05) is 6.92 Å². The number of aromatic nitrogens is 1. The van der Waals surface area contributed by atoms with Crippen LogP contribution in [0.25, 0.3) is 0 Å². The lowest BCUT2D eigenvalue weighted by molar-refractivity contribution is 0.551. The van der Waals surface area contributed by atoms with Gasteiger partial charge in [-0.2, -0.15) is 0 Å². The zero-order valence-electron chi connectivity index (χ0n) is 8.20. The number of nitrogens with zero attached hydrogens (tertiary/aromatic N) is 1. The summed E-state index contributed by atoms with van der Waals surface area (Å²) < 4.78 is 0. The minimum Gasteiger partial charge on any atom is -0.307 e. The van der Waals surface area contributed by atoms with Gasteiger partial charge in [0.05, 0.1) is 0 Å². The van der Waals surface area contributed by atoms with Crippen LogP contribution in [0.15, 0.2) is 24.5 Å². The van der Waals surface area contributed by atoms with Gasteiger partial charge < -0.3 is 5.32 Å². The molecule has 1 saturated carbocycles. The molecule has 3 atom stereocenters. The molecule has 0 amide bonds. The molecule has 3 unspecified atom stereocenters. The molecule has 0 bridgehead atoms. The molecule has 1 aliphatic rings. The van der Waals surface area contributed by atoms with E-state index >= 15 is 0 Å². The standard InChI is InChI=1S/C11H16N2/c1-8-7-11(8)13-9(2)10-3-5-12-6-4-10/h3-6,8-9,11,13H,7H2,1-2H3. The molecular formula is C11H16N2. The summed E-state index contributed by atoms with van der Waals surface area (Å²) >= 11 is 0. The average molecular weight is 176 g/mol. The lowest BCUT2D eigenvalue weighted by atomic mass is 10.1. The fraction of sp³-hybridized carbons (Fsp3) is 0.545. The van der Waals surface area contributed by atoms with Crippen LogP contribution in [0.1, 0.15) is 31.9 Å². The molecule has 1 N–H and O–H groups in total. The Labute approximate surface area is 79.4 Å². The Morgan fingerprint density at radius 1 is 1.46 bits per heavy atom. The van der Waals surface area contributed by atoms with Gasteiger partial charge in [-0.3, -0.25) is 4.98 Å². The Balaban J connectivity index is 1.94. The molecule has 1 aromatic heterocycles. The smallest absolute Gasteiger partial charge is 0.0295 e. The Kier molecular flexibility index (Phi) is 2.32. The van der Waals surface area contributed by atoms with Gasteiger partial charge in [0, 0.05) is 24.5 Å². The van der Waals surface area contributed by atoms with Crippen LogP contribution in [0.3, 0.4) is 0 Å². The van der Waals surface area contributed by atoms with Crippen LogP contribution in [0.2, 0.25) is 0 Å². The van der Waals surface area contributed by atoms with E-state index in [1.165, 1.54) is 12.0 Å².